The fraction of sp³-hybridized carbons (Fsp3) is 0.318. The highest BCUT2D eigenvalue weighted by Gasteiger charge is 2.37. The van der Waals surface area contributed by atoms with Gasteiger partial charge in [0.15, 0.2) is 11.6 Å². The molecule has 0 spiro atoms. The molecule has 0 saturated heterocycles. The highest BCUT2D eigenvalue weighted by atomic mass is 16.4. The number of nitrogens with zero attached hydrogens (tertiary/aromatic N) is 5. The molecule has 1 unspecified atom stereocenters. The fourth-order valence-corrected chi connectivity index (χ4v) is 4.02. The van der Waals surface area contributed by atoms with Gasteiger partial charge in [0.1, 0.15) is 11.7 Å². The van der Waals surface area contributed by atoms with Crippen molar-refractivity contribution in [2.24, 2.45) is 5.92 Å². The van der Waals surface area contributed by atoms with Crippen molar-refractivity contribution in [1.29, 1.82) is 0 Å². The molecular formula is C22H24N6O3. The van der Waals surface area contributed by atoms with Crippen LogP contribution in [0.3, 0.4) is 0 Å². The number of H-pyrrole nitrogens is 1. The van der Waals surface area contributed by atoms with E-state index in [4.69, 9.17) is 0 Å². The van der Waals surface area contributed by atoms with E-state index in [1.54, 1.807) is 0 Å². The third kappa shape index (κ3) is 3.86. The first-order valence-corrected chi connectivity index (χ1v) is 10.1. The van der Waals surface area contributed by atoms with Crippen LogP contribution in [-0.4, -0.2) is 61.0 Å². The Labute approximate surface area is 179 Å². The number of carboxylic acid groups (broad SMARTS) is 1. The third-order valence-electron chi connectivity index (χ3n) is 5.34. The minimum Gasteiger partial charge on any atom is -0.465 e. The maximum absolute atomic E-state index is 12.9. The molecule has 31 heavy (non-hydrogen) atoms. The average Bonchev–Trinajstić information content (AvgIpc) is 3.26. The summed E-state index contributed by atoms with van der Waals surface area (Å²) in [6.45, 7) is 4.76. The number of hydrogen-bond acceptors (Lipinski definition) is 6. The molecule has 4 rings (SSSR count). The van der Waals surface area contributed by atoms with E-state index in [0.29, 0.717) is 18.2 Å². The van der Waals surface area contributed by atoms with Gasteiger partial charge in [-0.1, -0.05) is 55.5 Å². The summed E-state index contributed by atoms with van der Waals surface area (Å²) >= 11 is 0. The number of aromatic nitrogens is 4. The Morgan fingerprint density at radius 3 is 2.68 bits per heavy atom. The number of benzene rings is 1. The third-order valence-corrected chi connectivity index (χ3v) is 5.34. The summed E-state index contributed by atoms with van der Waals surface area (Å²) in [5.41, 5.74) is 3.32. The van der Waals surface area contributed by atoms with Crippen LogP contribution in [0.2, 0.25) is 0 Å². The largest absolute Gasteiger partial charge is 0.465 e. The minimum atomic E-state index is -1.06. The van der Waals surface area contributed by atoms with Crippen LogP contribution in [-0.2, 0) is 4.79 Å². The van der Waals surface area contributed by atoms with Crippen LogP contribution in [0.25, 0.3) is 5.57 Å². The topological polar surface area (TPSA) is 115 Å². The van der Waals surface area contributed by atoms with Gasteiger partial charge in [-0.3, -0.25) is 9.69 Å². The number of allylic oxidation sites excluding steroid dienone is 4. The summed E-state index contributed by atoms with van der Waals surface area (Å²) in [6.07, 6.45) is 2.88. The van der Waals surface area contributed by atoms with Crippen molar-refractivity contribution >= 4 is 17.4 Å². The highest BCUT2D eigenvalue weighted by molar-refractivity contribution is 5.98. The predicted octanol–water partition coefficient (Wildman–Crippen LogP) is 3.02. The molecule has 1 amide bonds. The first-order chi connectivity index (χ1) is 14.9. The van der Waals surface area contributed by atoms with E-state index in [1.165, 1.54) is 11.9 Å². The normalized spacial score (nSPS) is 18.6. The Bertz CT molecular complexity index is 1090. The number of carbonyl (C=O) groups is 2. The van der Waals surface area contributed by atoms with Gasteiger partial charge in [0.25, 0.3) is 0 Å². The lowest BCUT2D eigenvalue weighted by Gasteiger charge is -2.39. The zero-order valence-electron chi connectivity index (χ0n) is 17.6. The molecular weight excluding hydrogens is 396 g/mol. The van der Waals surface area contributed by atoms with Crippen LogP contribution in [0, 0.1) is 5.92 Å². The van der Waals surface area contributed by atoms with Crippen LogP contribution >= 0.6 is 0 Å². The van der Waals surface area contributed by atoms with E-state index in [1.807, 2.05) is 47.5 Å². The van der Waals surface area contributed by atoms with Crippen molar-refractivity contribution < 1.29 is 14.7 Å². The van der Waals surface area contributed by atoms with E-state index in [2.05, 4.69) is 34.5 Å². The van der Waals surface area contributed by atoms with Gasteiger partial charge < -0.3 is 10.0 Å². The van der Waals surface area contributed by atoms with Gasteiger partial charge in [0.05, 0.1) is 0 Å². The van der Waals surface area contributed by atoms with Gasteiger partial charge in [0, 0.05) is 31.8 Å². The molecule has 1 aromatic heterocycles. The first-order valence-electron chi connectivity index (χ1n) is 10.1. The number of fused-ring (bicyclic) bond motifs is 1. The summed E-state index contributed by atoms with van der Waals surface area (Å²) in [5, 5.41) is 23.8. The van der Waals surface area contributed by atoms with Crippen molar-refractivity contribution in [3.63, 3.8) is 0 Å². The smallest absolute Gasteiger partial charge is 0.412 e. The second-order valence-electron chi connectivity index (χ2n) is 8.08. The second-order valence-corrected chi connectivity index (χ2v) is 8.08. The Balaban J connectivity index is 1.97. The van der Waals surface area contributed by atoms with Gasteiger partial charge in [-0.15, -0.1) is 10.2 Å². The quantitative estimate of drug-likeness (QED) is 0.764. The van der Waals surface area contributed by atoms with Crippen LogP contribution in [0.15, 0.2) is 59.6 Å². The lowest BCUT2D eigenvalue weighted by atomic mass is 9.78. The number of nitrogens with one attached hydrogen (secondary N) is 1. The standard InChI is InChI=1S/C22H24N6O3/c1-13(2)11-28-12-15-9-18(29)17(20-23-25-26-24-20)10-16(15)19(14-7-5-4-6-8-14)21(28)27(3)22(30)31/h4-8,10,12-13,17H,9,11H2,1-3H3,(H,30,31)(H,23,24,25,26). The van der Waals surface area contributed by atoms with Gasteiger partial charge in [-0.05, 0) is 22.6 Å². The molecule has 2 aliphatic rings. The van der Waals surface area contributed by atoms with Crippen molar-refractivity contribution in [2.75, 3.05) is 13.6 Å². The number of amides is 1. The number of rotatable bonds is 5. The Morgan fingerprint density at radius 2 is 2.06 bits per heavy atom. The van der Waals surface area contributed by atoms with Gasteiger partial charge in [-0.2, -0.15) is 5.21 Å². The van der Waals surface area contributed by atoms with Crippen molar-refractivity contribution in [2.45, 2.75) is 26.2 Å². The highest BCUT2D eigenvalue weighted by Crippen LogP contribution is 2.44. The Hall–Kier alpha value is -3.75. The number of aromatic amines is 1. The average molecular weight is 420 g/mol. The van der Waals surface area contributed by atoms with Crippen molar-refractivity contribution in [3.8, 4) is 0 Å². The maximum Gasteiger partial charge on any atom is 0.412 e. The number of Topliss-reactive ketones (excluding diaryl/α,β-unsaturated/α-hetero) is 1. The lowest BCUT2D eigenvalue weighted by molar-refractivity contribution is -0.119. The molecule has 0 saturated carbocycles. The molecule has 1 atom stereocenters. The van der Waals surface area contributed by atoms with Gasteiger partial charge in [-0.25, -0.2) is 4.79 Å². The number of tetrazole rings is 1. The molecule has 9 heteroatoms. The number of hydrogen-bond donors (Lipinski definition) is 2. The van der Waals surface area contributed by atoms with Gasteiger partial charge in [0.2, 0.25) is 0 Å². The molecule has 9 nitrogen and oxygen atoms in total. The Kier molecular flexibility index (Phi) is 5.41. The van der Waals surface area contributed by atoms with E-state index in [9.17, 15) is 14.7 Å². The summed E-state index contributed by atoms with van der Waals surface area (Å²) in [4.78, 5) is 28.1. The molecule has 0 bridgehead atoms. The van der Waals surface area contributed by atoms with Crippen molar-refractivity contribution in [3.05, 3.63) is 71.0 Å². The zero-order valence-corrected chi connectivity index (χ0v) is 17.6. The second kappa shape index (κ2) is 8.17. The molecule has 160 valence electrons. The first kappa shape index (κ1) is 20.5. The van der Waals surface area contributed by atoms with Crippen LogP contribution in [0.4, 0.5) is 4.79 Å². The zero-order chi connectivity index (χ0) is 22.1. The van der Waals surface area contributed by atoms with Crippen molar-refractivity contribution in [1.82, 2.24) is 30.4 Å². The summed E-state index contributed by atoms with van der Waals surface area (Å²) < 4.78 is 0. The van der Waals surface area contributed by atoms with Crippen LogP contribution in [0.1, 0.15) is 37.6 Å². The molecule has 2 heterocycles. The van der Waals surface area contributed by atoms with E-state index in [-0.39, 0.29) is 18.1 Å². The molecule has 1 aliphatic carbocycles. The van der Waals surface area contributed by atoms with E-state index in [0.717, 1.165) is 22.3 Å². The summed E-state index contributed by atoms with van der Waals surface area (Å²) in [6, 6.07) is 9.63. The number of carbonyl (C=O) groups excluding carboxylic acids is 1. The number of ketones is 1. The summed E-state index contributed by atoms with van der Waals surface area (Å²) in [5.74, 6) is 0.481. The molecule has 1 aliphatic heterocycles. The SMILES string of the molecule is CC(C)CN1C=C2CC(=O)C(c3nn[nH]n3)C=C2C(c2ccccc2)=C1N(C)C(=O)O. The predicted molar refractivity (Wildman–Crippen MR) is 113 cm³/mol. The molecule has 0 fully saturated rings. The fourth-order valence-electron chi connectivity index (χ4n) is 4.02. The molecule has 2 aromatic rings. The summed E-state index contributed by atoms with van der Waals surface area (Å²) in [7, 11) is 1.54. The minimum absolute atomic E-state index is 0.0247. The van der Waals surface area contributed by atoms with E-state index >= 15 is 0 Å². The molecule has 2 N–H and O–H groups in total. The van der Waals surface area contributed by atoms with Crippen LogP contribution in [0.5, 0.6) is 0 Å². The van der Waals surface area contributed by atoms with E-state index < -0.39 is 12.0 Å². The maximum atomic E-state index is 12.9. The monoisotopic (exact) mass is 420 g/mol. The molecule has 0 radical (unpaired) electrons. The molecule has 1 aromatic carbocycles. The van der Waals surface area contributed by atoms with Crippen LogP contribution < -0.4 is 0 Å². The van der Waals surface area contributed by atoms with Gasteiger partial charge >= 0.3 is 6.09 Å². The Morgan fingerprint density at radius 1 is 1.32 bits per heavy atom. The lowest BCUT2D eigenvalue weighted by Crippen LogP contribution is -2.39.